The van der Waals surface area contributed by atoms with Crippen molar-refractivity contribution in [3.63, 3.8) is 0 Å². The summed E-state index contributed by atoms with van der Waals surface area (Å²) in [7, 11) is 0. The fraction of sp³-hybridized carbons (Fsp3) is 0.238. The number of urea groups is 2. The van der Waals surface area contributed by atoms with Gasteiger partial charge in [-0.05, 0) is 36.8 Å². The number of carbonyl (C=O) groups is 2. The van der Waals surface area contributed by atoms with Gasteiger partial charge in [0.25, 0.3) is 0 Å². The maximum atomic E-state index is 12.2. The van der Waals surface area contributed by atoms with E-state index in [9.17, 15) is 9.59 Å². The summed E-state index contributed by atoms with van der Waals surface area (Å²) in [5.41, 5.74) is 3.41. The topological polar surface area (TPSA) is 99.2 Å². The lowest BCUT2D eigenvalue weighted by Gasteiger charge is -2.15. The Labute approximate surface area is 178 Å². The van der Waals surface area contributed by atoms with E-state index in [1.165, 1.54) is 0 Å². The molecule has 0 unspecified atom stereocenters. The average molecular weight is 423 g/mol. The highest BCUT2D eigenvalue weighted by Gasteiger charge is 2.21. The van der Waals surface area contributed by atoms with Crippen molar-refractivity contribution in [2.45, 2.75) is 12.8 Å². The molecule has 2 aromatic heterocycles. The van der Waals surface area contributed by atoms with Gasteiger partial charge in [0, 0.05) is 60.8 Å². The van der Waals surface area contributed by atoms with E-state index >= 15 is 0 Å². The van der Waals surface area contributed by atoms with Gasteiger partial charge in [0.15, 0.2) is 0 Å². The summed E-state index contributed by atoms with van der Waals surface area (Å²) in [6.45, 7) is 1.79. The summed E-state index contributed by atoms with van der Waals surface area (Å²) in [6, 6.07) is 10.8. The van der Waals surface area contributed by atoms with Crippen LogP contribution in [0.4, 0.5) is 21.0 Å². The monoisotopic (exact) mass is 422 g/mol. The number of anilines is 2. The van der Waals surface area contributed by atoms with Gasteiger partial charge in [0.05, 0.1) is 10.7 Å². The molecule has 3 heterocycles. The molecule has 0 atom stereocenters. The number of benzene rings is 1. The highest BCUT2D eigenvalue weighted by molar-refractivity contribution is 7.09. The number of nitrogens with zero attached hydrogens (tertiary/aromatic N) is 3. The van der Waals surface area contributed by atoms with Crippen LogP contribution in [-0.2, 0) is 6.42 Å². The van der Waals surface area contributed by atoms with Crippen LogP contribution >= 0.6 is 11.3 Å². The molecule has 0 saturated carbocycles. The lowest BCUT2D eigenvalue weighted by molar-refractivity contribution is 0.251. The number of aryl methyl sites for hydroxylation is 1. The quantitative estimate of drug-likeness (QED) is 0.508. The van der Waals surface area contributed by atoms with Crippen molar-refractivity contribution in [3.05, 3.63) is 59.2 Å². The summed E-state index contributed by atoms with van der Waals surface area (Å²) in [5.74, 6) is 0. The molecule has 3 N–H and O–H groups in total. The molecule has 30 heavy (non-hydrogen) atoms. The highest BCUT2D eigenvalue weighted by atomic mass is 32.1. The van der Waals surface area contributed by atoms with E-state index in [0.717, 1.165) is 34.8 Å². The number of aromatic nitrogens is 2. The molecule has 1 aromatic carbocycles. The molecule has 0 spiro atoms. The predicted molar refractivity (Wildman–Crippen MR) is 118 cm³/mol. The van der Waals surface area contributed by atoms with Gasteiger partial charge in [0.2, 0.25) is 0 Å². The second kappa shape index (κ2) is 9.36. The number of nitrogens with one attached hydrogen (secondary N) is 3. The minimum atomic E-state index is -0.269. The van der Waals surface area contributed by atoms with E-state index in [0.29, 0.717) is 25.3 Å². The minimum Gasteiger partial charge on any atom is -0.338 e. The van der Waals surface area contributed by atoms with Gasteiger partial charge < -0.3 is 16.0 Å². The van der Waals surface area contributed by atoms with Crippen molar-refractivity contribution in [1.29, 1.82) is 0 Å². The third-order valence-electron chi connectivity index (χ3n) is 4.65. The molecule has 1 saturated heterocycles. The van der Waals surface area contributed by atoms with Gasteiger partial charge in [-0.25, -0.2) is 14.6 Å². The fourth-order valence-corrected chi connectivity index (χ4v) is 4.02. The zero-order chi connectivity index (χ0) is 20.8. The maximum Gasteiger partial charge on any atom is 0.321 e. The normalized spacial score (nSPS) is 13.2. The SMILES string of the molecule is O=C(NCCCc1nc(-c2ccncc2)cs1)Nc1cccc(N2CCNC2=O)c1. The first-order chi connectivity index (χ1) is 14.7. The molecule has 3 aromatic rings. The first-order valence-electron chi connectivity index (χ1n) is 9.74. The number of hydrogen-bond donors (Lipinski definition) is 3. The number of amides is 4. The second-order valence-electron chi connectivity index (χ2n) is 6.78. The van der Waals surface area contributed by atoms with Crippen molar-refractivity contribution < 1.29 is 9.59 Å². The molecule has 154 valence electrons. The molecule has 1 aliphatic rings. The van der Waals surface area contributed by atoms with Crippen molar-refractivity contribution in [3.8, 4) is 11.3 Å². The number of pyridine rings is 1. The number of thiazole rings is 1. The number of rotatable bonds is 7. The third kappa shape index (κ3) is 4.93. The van der Waals surface area contributed by atoms with E-state index in [4.69, 9.17) is 0 Å². The van der Waals surface area contributed by atoms with Gasteiger partial charge in [-0.1, -0.05) is 6.07 Å². The standard InChI is InChI=1S/C21H22N6O2S/c28-20(25-16-3-1-4-17(13-16)27-12-11-24-21(27)29)23-8-2-5-19-26-18(14-30-19)15-6-9-22-10-7-15/h1,3-4,6-7,9-10,13-14H,2,5,8,11-12H2,(H,24,29)(H2,23,25,28). The first-order valence-corrected chi connectivity index (χ1v) is 10.6. The van der Waals surface area contributed by atoms with Crippen molar-refractivity contribution >= 4 is 34.8 Å². The van der Waals surface area contributed by atoms with Crippen LogP contribution in [0, 0.1) is 0 Å². The highest BCUT2D eigenvalue weighted by Crippen LogP contribution is 2.22. The van der Waals surface area contributed by atoms with E-state index in [1.807, 2.05) is 29.6 Å². The Balaban J connectivity index is 1.22. The molecule has 1 aliphatic heterocycles. The second-order valence-corrected chi connectivity index (χ2v) is 7.72. The molecule has 1 fully saturated rings. The van der Waals surface area contributed by atoms with Crippen molar-refractivity contribution in [1.82, 2.24) is 20.6 Å². The van der Waals surface area contributed by atoms with Gasteiger partial charge >= 0.3 is 12.1 Å². The predicted octanol–water partition coefficient (Wildman–Crippen LogP) is 3.49. The Morgan fingerprint density at radius 3 is 2.90 bits per heavy atom. The largest absolute Gasteiger partial charge is 0.338 e. The summed E-state index contributed by atoms with van der Waals surface area (Å²) >= 11 is 1.62. The fourth-order valence-electron chi connectivity index (χ4n) is 3.17. The van der Waals surface area contributed by atoms with Gasteiger partial charge in [-0.2, -0.15) is 0 Å². The zero-order valence-corrected chi connectivity index (χ0v) is 17.1. The average Bonchev–Trinajstić information content (AvgIpc) is 3.41. The summed E-state index contributed by atoms with van der Waals surface area (Å²) in [5, 5.41) is 11.5. The Morgan fingerprint density at radius 1 is 1.23 bits per heavy atom. The Bertz CT molecular complexity index is 1020. The molecule has 0 bridgehead atoms. The lowest BCUT2D eigenvalue weighted by Crippen LogP contribution is -2.30. The Kier molecular flexibility index (Phi) is 6.19. The van der Waals surface area contributed by atoms with E-state index in [1.54, 1.807) is 40.8 Å². The van der Waals surface area contributed by atoms with Crippen LogP contribution in [0.3, 0.4) is 0 Å². The zero-order valence-electron chi connectivity index (χ0n) is 16.3. The van der Waals surface area contributed by atoms with Crippen LogP contribution in [0.2, 0.25) is 0 Å². The third-order valence-corrected chi connectivity index (χ3v) is 5.56. The summed E-state index contributed by atoms with van der Waals surface area (Å²) < 4.78 is 0. The van der Waals surface area contributed by atoms with Gasteiger partial charge in [0.1, 0.15) is 0 Å². The van der Waals surface area contributed by atoms with E-state index in [-0.39, 0.29) is 12.1 Å². The Morgan fingerprint density at radius 2 is 2.10 bits per heavy atom. The number of carbonyl (C=O) groups excluding carboxylic acids is 2. The van der Waals surface area contributed by atoms with Crippen LogP contribution in [0.15, 0.2) is 54.2 Å². The van der Waals surface area contributed by atoms with Crippen LogP contribution in [0.1, 0.15) is 11.4 Å². The minimum absolute atomic E-state index is 0.120. The maximum absolute atomic E-state index is 12.2. The molecular weight excluding hydrogens is 400 g/mol. The van der Waals surface area contributed by atoms with Crippen molar-refractivity contribution in [2.75, 3.05) is 29.9 Å². The van der Waals surface area contributed by atoms with Gasteiger partial charge in [-0.3, -0.25) is 9.88 Å². The van der Waals surface area contributed by atoms with Crippen LogP contribution in [0.5, 0.6) is 0 Å². The molecule has 8 nitrogen and oxygen atoms in total. The number of hydrogen-bond acceptors (Lipinski definition) is 5. The van der Waals surface area contributed by atoms with Crippen LogP contribution in [0.25, 0.3) is 11.3 Å². The summed E-state index contributed by atoms with van der Waals surface area (Å²) in [6.07, 6.45) is 5.11. The van der Waals surface area contributed by atoms with Crippen LogP contribution < -0.4 is 20.9 Å². The smallest absolute Gasteiger partial charge is 0.321 e. The Hall–Kier alpha value is -3.46. The van der Waals surface area contributed by atoms with E-state index in [2.05, 4.69) is 25.9 Å². The first kappa shape index (κ1) is 19.8. The molecular formula is C21H22N6O2S. The van der Waals surface area contributed by atoms with E-state index < -0.39 is 0 Å². The van der Waals surface area contributed by atoms with Crippen molar-refractivity contribution in [2.24, 2.45) is 0 Å². The molecule has 4 rings (SSSR count). The lowest BCUT2D eigenvalue weighted by atomic mass is 10.2. The molecule has 0 aliphatic carbocycles. The molecule has 4 amide bonds. The van der Waals surface area contributed by atoms with Gasteiger partial charge in [-0.15, -0.1) is 11.3 Å². The molecule has 9 heteroatoms. The summed E-state index contributed by atoms with van der Waals surface area (Å²) in [4.78, 5) is 34.3. The molecule has 0 radical (unpaired) electrons. The van der Waals surface area contributed by atoms with Crippen LogP contribution in [-0.4, -0.2) is 41.7 Å².